The average molecular weight is 410 g/mol. The summed E-state index contributed by atoms with van der Waals surface area (Å²) in [6.07, 6.45) is 0.114. The third kappa shape index (κ3) is 3.49. The summed E-state index contributed by atoms with van der Waals surface area (Å²) in [5.41, 5.74) is 1.55. The maximum atomic E-state index is 12.5. The number of rotatable bonds is 2. The van der Waals surface area contributed by atoms with Crippen LogP contribution in [0.25, 0.3) is 0 Å². The van der Waals surface area contributed by atoms with Gasteiger partial charge in [0.15, 0.2) is 0 Å². The first kappa shape index (κ1) is 18.5. The Kier molecular flexibility index (Phi) is 5.37. The molecule has 1 aliphatic rings. The van der Waals surface area contributed by atoms with E-state index in [1.807, 2.05) is 0 Å². The van der Waals surface area contributed by atoms with E-state index >= 15 is 0 Å². The highest BCUT2D eigenvalue weighted by Crippen LogP contribution is 2.37. The predicted molar refractivity (Wildman–Crippen MR) is 100.0 cm³/mol. The summed E-state index contributed by atoms with van der Waals surface area (Å²) in [6, 6.07) is 6.73. The molecule has 6 nitrogen and oxygen atoms in total. The summed E-state index contributed by atoms with van der Waals surface area (Å²) in [4.78, 5) is 26.6. The Morgan fingerprint density at radius 2 is 2.15 bits per heavy atom. The van der Waals surface area contributed by atoms with Crippen molar-refractivity contribution >= 4 is 51.5 Å². The molecule has 0 fully saturated rings. The molecule has 1 N–H and O–H groups in total. The molecule has 9 heteroatoms. The number of amides is 2. The number of ether oxygens (including phenoxy) is 1. The van der Waals surface area contributed by atoms with E-state index in [1.165, 1.54) is 30.6 Å². The van der Waals surface area contributed by atoms with Crippen LogP contribution in [0.2, 0.25) is 10.0 Å². The van der Waals surface area contributed by atoms with Gasteiger partial charge in [-0.3, -0.25) is 4.79 Å². The maximum Gasteiger partial charge on any atom is 0.409 e. The minimum absolute atomic E-state index is 0.228. The summed E-state index contributed by atoms with van der Waals surface area (Å²) in [7, 11) is 1.33. The van der Waals surface area contributed by atoms with Crippen molar-refractivity contribution in [3.63, 3.8) is 0 Å². The van der Waals surface area contributed by atoms with Crippen molar-refractivity contribution in [2.24, 2.45) is 0 Å². The van der Waals surface area contributed by atoms with Gasteiger partial charge in [0.25, 0.3) is 5.91 Å². The van der Waals surface area contributed by atoms with Crippen LogP contribution in [-0.2, 0) is 17.7 Å². The van der Waals surface area contributed by atoms with Crippen molar-refractivity contribution in [3.8, 4) is 6.07 Å². The van der Waals surface area contributed by atoms with Crippen molar-refractivity contribution in [3.05, 3.63) is 49.8 Å². The van der Waals surface area contributed by atoms with Gasteiger partial charge in [-0.05, 0) is 30.2 Å². The van der Waals surface area contributed by atoms with E-state index in [9.17, 15) is 14.9 Å². The topological polar surface area (TPSA) is 82.4 Å². The van der Waals surface area contributed by atoms with Gasteiger partial charge < -0.3 is 15.0 Å². The van der Waals surface area contributed by atoms with E-state index in [2.05, 4.69) is 11.4 Å². The molecule has 134 valence electrons. The first-order valence-electron chi connectivity index (χ1n) is 7.58. The highest BCUT2D eigenvalue weighted by molar-refractivity contribution is 7.16. The summed E-state index contributed by atoms with van der Waals surface area (Å²) >= 11 is 13.2. The van der Waals surface area contributed by atoms with Gasteiger partial charge in [0, 0.05) is 16.4 Å². The Morgan fingerprint density at radius 3 is 2.81 bits per heavy atom. The molecule has 0 unspecified atom stereocenters. The number of hydrogen-bond donors (Lipinski definition) is 1. The fourth-order valence-electron chi connectivity index (χ4n) is 2.74. The molecular weight excluding hydrogens is 397 g/mol. The quantitative estimate of drug-likeness (QED) is 0.800. The second kappa shape index (κ2) is 7.54. The lowest BCUT2D eigenvalue weighted by Crippen LogP contribution is -2.35. The van der Waals surface area contributed by atoms with Crippen molar-refractivity contribution in [1.29, 1.82) is 5.26 Å². The molecule has 0 atom stereocenters. The molecule has 0 spiro atoms. The van der Waals surface area contributed by atoms with Crippen LogP contribution in [0.3, 0.4) is 0 Å². The number of benzene rings is 1. The van der Waals surface area contributed by atoms with Crippen molar-refractivity contribution in [2.75, 3.05) is 19.0 Å². The zero-order chi connectivity index (χ0) is 18.8. The Labute approximate surface area is 163 Å². The average Bonchev–Trinajstić information content (AvgIpc) is 2.96. The van der Waals surface area contributed by atoms with Gasteiger partial charge in [-0.1, -0.05) is 23.2 Å². The molecule has 1 aromatic heterocycles. The number of nitriles is 1. The van der Waals surface area contributed by atoms with E-state index in [-0.39, 0.29) is 10.6 Å². The maximum absolute atomic E-state index is 12.5. The molecule has 0 aliphatic carbocycles. The van der Waals surface area contributed by atoms with E-state index < -0.39 is 12.0 Å². The number of halogens is 2. The lowest BCUT2D eigenvalue weighted by atomic mass is 10.0. The van der Waals surface area contributed by atoms with Gasteiger partial charge >= 0.3 is 6.09 Å². The lowest BCUT2D eigenvalue weighted by Gasteiger charge is -2.25. The molecule has 26 heavy (non-hydrogen) atoms. The fraction of sp³-hybridized carbons (Fsp3) is 0.235. The number of methoxy groups -OCH3 is 1. The number of carbonyl (C=O) groups excluding carboxylic acids is 2. The van der Waals surface area contributed by atoms with E-state index in [4.69, 9.17) is 27.9 Å². The largest absolute Gasteiger partial charge is 0.453 e. The number of anilines is 1. The van der Waals surface area contributed by atoms with Gasteiger partial charge in [-0.15, -0.1) is 11.3 Å². The van der Waals surface area contributed by atoms with Gasteiger partial charge in [0.2, 0.25) is 0 Å². The van der Waals surface area contributed by atoms with Crippen molar-refractivity contribution < 1.29 is 14.3 Å². The molecule has 2 aromatic rings. The summed E-state index contributed by atoms with van der Waals surface area (Å²) in [6.45, 7) is 0.806. The number of carbonyl (C=O) groups is 2. The minimum atomic E-state index is -0.424. The summed E-state index contributed by atoms with van der Waals surface area (Å²) < 4.78 is 4.74. The van der Waals surface area contributed by atoms with Gasteiger partial charge in [0.1, 0.15) is 11.1 Å². The van der Waals surface area contributed by atoms with Crippen LogP contribution in [-0.4, -0.2) is 30.6 Å². The van der Waals surface area contributed by atoms with Crippen LogP contribution in [0.5, 0.6) is 0 Å². The molecule has 2 amide bonds. The Balaban J connectivity index is 1.88. The number of nitrogens with one attached hydrogen (secondary N) is 1. The molecule has 3 rings (SSSR count). The third-order valence-electron chi connectivity index (χ3n) is 4.00. The van der Waals surface area contributed by atoms with Crippen LogP contribution in [0.1, 0.15) is 26.4 Å². The first-order valence-corrected chi connectivity index (χ1v) is 9.15. The van der Waals surface area contributed by atoms with Crippen molar-refractivity contribution in [1.82, 2.24) is 4.90 Å². The second-order valence-corrected chi connectivity index (χ2v) is 7.49. The van der Waals surface area contributed by atoms with Crippen LogP contribution in [0.4, 0.5) is 9.80 Å². The molecule has 1 aliphatic heterocycles. The minimum Gasteiger partial charge on any atom is -0.453 e. The zero-order valence-corrected chi connectivity index (χ0v) is 16.0. The van der Waals surface area contributed by atoms with E-state index in [1.54, 1.807) is 11.0 Å². The Morgan fingerprint density at radius 1 is 1.38 bits per heavy atom. The van der Waals surface area contributed by atoms with Gasteiger partial charge in [-0.25, -0.2) is 4.79 Å². The van der Waals surface area contributed by atoms with Crippen LogP contribution in [0.15, 0.2) is 18.2 Å². The lowest BCUT2D eigenvalue weighted by molar-refractivity contribution is 0.102. The van der Waals surface area contributed by atoms with Crippen LogP contribution >= 0.6 is 34.5 Å². The SMILES string of the molecule is COC(=O)N1CCc2c(sc(NC(=O)c3ccc(Cl)cc3Cl)c2C#N)C1. The van der Waals surface area contributed by atoms with Crippen molar-refractivity contribution in [2.45, 2.75) is 13.0 Å². The standard InChI is InChI=1S/C17H13Cl2N3O3S/c1-25-17(24)22-5-4-10-12(7-20)16(26-14(10)8-22)21-15(23)11-3-2-9(18)6-13(11)19/h2-3,6H,4-5,8H2,1H3,(H,21,23). The summed E-state index contributed by atoms with van der Waals surface area (Å²) in [5, 5.41) is 13.4. The molecular formula is C17H13Cl2N3O3S. The third-order valence-corrected chi connectivity index (χ3v) is 5.68. The number of thiophene rings is 1. The monoisotopic (exact) mass is 409 g/mol. The number of nitrogens with zero attached hydrogens (tertiary/aromatic N) is 2. The summed E-state index contributed by atoms with van der Waals surface area (Å²) in [5.74, 6) is -0.424. The van der Waals surface area contributed by atoms with E-state index in [0.29, 0.717) is 35.1 Å². The van der Waals surface area contributed by atoms with Crippen LogP contribution in [0, 0.1) is 11.3 Å². The van der Waals surface area contributed by atoms with E-state index in [0.717, 1.165) is 10.4 Å². The highest BCUT2D eigenvalue weighted by Gasteiger charge is 2.28. The normalized spacial score (nSPS) is 12.9. The molecule has 0 bridgehead atoms. The highest BCUT2D eigenvalue weighted by atomic mass is 35.5. The smallest absolute Gasteiger partial charge is 0.409 e. The molecule has 0 saturated carbocycles. The molecule has 0 radical (unpaired) electrons. The van der Waals surface area contributed by atoms with Gasteiger partial charge in [0.05, 0.1) is 29.8 Å². The number of hydrogen-bond acceptors (Lipinski definition) is 5. The molecule has 2 heterocycles. The fourth-order valence-corrected chi connectivity index (χ4v) is 4.44. The Bertz CT molecular complexity index is 936. The molecule has 1 aromatic carbocycles. The van der Waals surface area contributed by atoms with Gasteiger partial charge in [-0.2, -0.15) is 5.26 Å². The zero-order valence-electron chi connectivity index (χ0n) is 13.6. The Hall–Kier alpha value is -2.27. The predicted octanol–water partition coefficient (Wildman–Crippen LogP) is 4.30. The second-order valence-electron chi connectivity index (χ2n) is 5.54. The number of fused-ring (bicyclic) bond motifs is 1. The van der Waals surface area contributed by atoms with Crippen LogP contribution < -0.4 is 5.32 Å². The first-order chi connectivity index (χ1) is 12.4. The molecule has 0 saturated heterocycles.